The fourth-order valence-corrected chi connectivity index (χ4v) is 3.87. The van der Waals surface area contributed by atoms with Gasteiger partial charge in [0.05, 0.1) is 12.5 Å². The highest BCUT2D eigenvalue weighted by Gasteiger charge is 2.32. The highest BCUT2D eigenvalue weighted by molar-refractivity contribution is 7.09. The Morgan fingerprint density at radius 2 is 2.17 bits per heavy atom. The first-order valence-electron chi connectivity index (χ1n) is 7.59. The van der Waals surface area contributed by atoms with Crippen LogP contribution in [0.15, 0.2) is 29.6 Å². The largest absolute Gasteiger partial charge is 0.476 e. The quantitative estimate of drug-likeness (QED) is 0.935. The monoisotopic (exact) mass is 330 g/mol. The molecule has 1 aromatic heterocycles. The van der Waals surface area contributed by atoms with E-state index >= 15 is 0 Å². The van der Waals surface area contributed by atoms with E-state index in [0.717, 1.165) is 29.0 Å². The number of thiazole rings is 1. The van der Waals surface area contributed by atoms with E-state index in [1.807, 2.05) is 36.1 Å². The lowest BCUT2D eigenvalue weighted by molar-refractivity contribution is -0.131. The van der Waals surface area contributed by atoms with Gasteiger partial charge in [0.15, 0.2) is 5.69 Å². The van der Waals surface area contributed by atoms with Crippen molar-refractivity contribution < 1.29 is 14.7 Å². The number of carboxylic acid groups (broad SMARTS) is 1. The number of carbonyl (C=O) groups is 2. The average Bonchev–Trinajstić information content (AvgIpc) is 3.17. The number of hydrogen-bond acceptors (Lipinski definition) is 4. The molecule has 1 amide bonds. The molecule has 1 atom stereocenters. The SMILES string of the molecule is Cc1ccccc1CC(=O)N1CCCC1c1nc(C(=O)O)cs1. The van der Waals surface area contributed by atoms with Gasteiger partial charge in [-0.15, -0.1) is 11.3 Å². The standard InChI is InChI=1S/C17H18N2O3S/c1-11-5-2-3-6-12(11)9-15(20)19-8-4-7-14(19)16-18-13(10-23-16)17(21)22/h2-3,5-6,10,14H,4,7-9H2,1H3,(H,21,22). The maximum Gasteiger partial charge on any atom is 0.355 e. The zero-order valence-electron chi connectivity index (χ0n) is 12.9. The van der Waals surface area contributed by atoms with E-state index in [1.165, 1.54) is 11.3 Å². The number of carbonyl (C=O) groups excluding carboxylic acids is 1. The van der Waals surface area contributed by atoms with Crippen molar-refractivity contribution in [3.63, 3.8) is 0 Å². The van der Waals surface area contributed by atoms with Gasteiger partial charge in [-0.1, -0.05) is 24.3 Å². The molecule has 0 radical (unpaired) electrons. The number of nitrogens with zero attached hydrogens (tertiary/aromatic N) is 2. The minimum Gasteiger partial charge on any atom is -0.476 e. The fourth-order valence-electron chi connectivity index (χ4n) is 2.93. The highest BCUT2D eigenvalue weighted by atomic mass is 32.1. The third kappa shape index (κ3) is 3.27. The number of aryl methyl sites for hydroxylation is 1. The first-order chi connectivity index (χ1) is 11.1. The molecule has 6 heteroatoms. The van der Waals surface area contributed by atoms with Gasteiger partial charge in [0, 0.05) is 11.9 Å². The summed E-state index contributed by atoms with van der Waals surface area (Å²) in [6.07, 6.45) is 2.14. The lowest BCUT2D eigenvalue weighted by Gasteiger charge is -2.23. The Kier molecular flexibility index (Phi) is 4.43. The van der Waals surface area contributed by atoms with E-state index in [4.69, 9.17) is 5.11 Å². The molecular weight excluding hydrogens is 312 g/mol. The van der Waals surface area contributed by atoms with Crippen molar-refractivity contribution in [2.45, 2.75) is 32.2 Å². The van der Waals surface area contributed by atoms with Crippen molar-refractivity contribution in [1.29, 1.82) is 0 Å². The Morgan fingerprint density at radius 1 is 1.39 bits per heavy atom. The normalized spacial score (nSPS) is 17.4. The Labute approximate surface area is 138 Å². The molecule has 2 heterocycles. The summed E-state index contributed by atoms with van der Waals surface area (Å²) >= 11 is 1.32. The Hall–Kier alpha value is -2.21. The van der Waals surface area contributed by atoms with Gasteiger partial charge in [0.1, 0.15) is 5.01 Å². The molecule has 0 bridgehead atoms. The molecule has 3 rings (SSSR count). The summed E-state index contributed by atoms with van der Waals surface area (Å²) in [6, 6.07) is 7.79. The molecular formula is C17H18N2O3S. The van der Waals surface area contributed by atoms with E-state index in [1.54, 1.807) is 5.38 Å². The van der Waals surface area contributed by atoms with Gasteiger partial charge in [-0.3, -0.25) is 4.79 Å². The van der Waals surface area contributed by atoms with Gasteiger partial charge in [0.25, 0.3) is 0 Å². The maximum atomic E-state index is 12.7. The molecule has 1 aliphatic rings. The summed E-state index contributed by atoms with van der Waals surface area (Å²) in [5.41, 5.74) is 2.20. The zero-order chi connectivity index (χ0) is 16.4. The second kappa shape index (κ2) is 6.50. The van der Waals surface area contributed by atoms with E-state index in [2.05, 4.69) is 4.98 Å². The molecule has 0 spiro atoms. The number of rotatable bonds is 4. The maximum absolute atomic E-state index is 12.7. The molecule has 1 saturated heterocycles. The Morgan fingerprint density at radius 3 is 2.87 bits per heavy atom. The Bertz CT molecular complexity index is 741. The second-order valence-electron chi connectivity index (χ2n) is 5.72. The number of hydrogen-bond donors (Lipinski definition) is 1. The minimum atomic E-state index is -1.02. The van der Waals surface area contributed by atoms with Gasteiger partial charge in [-0.2, -0.15) is 0 Å². The average molecular weight is 330 g/mol. The summed E-state index contributed by atoms with van der Waals surface area (Å²) in [5.74, 6) is -0.947. The van der Waals surface area contributed by atoms with Gasteiger partial charge in [-0.05, 0) is 30.9 Å². The third-order valence-corrected chi connectivity index (χ3v) is 5.15. The van der Waals surface area contributed by atoms with E-state index in [-0.39, 0.29) is 17.6 Å². The van der Waals surface area contributed by atoms with Crippen LogP contribution in [-0.4, -0.2) is 33.4 Å². The smallest absolute Gasteiger partial charge is 0.355 e. The molecule has 5 nitrogen and oxygen atoms in total. The van der Waals surface area contributed by atoms with E-state index in [0.29, 0.717) is 13.0 Å². The number of aromatic nitrogens is 1. The summed E-state index contributed by atoms with van der Waals surface area (Å²) in [5, 5.41) is 11.3. The summed E-state index contributed by atoms with van der Waals surface area (Å²) in [6.45, 7) is 2.71. The second-order valence-corrected chi connectivity index (χ2v) is 6.61. The molecule has 23 heavy (non-hydrogen) atoms. The van der Waals surface area contributed by atoms with Crippen LogP contribution >= 0.6 is 11.3 Å². The van der Waals surface area contributed by atoms with Crippen LogP contribution < -0.4 is 0 Å². The molecule has 1 unspecified atom stereocenters. The van der Waals surface area contributed by atoms with Crippen molar-refractivity contribution >= 4 is 23.2 Å². The molecule has 0 aliphatic carbocycles. The Balaban J connectivity index is 1.76. The first kappa shape index (κ1) is 15.7. The summed E-state index contributed by atoms with van der Waals surface area (Å²) in [4.78, 5) is 29.7. The topological polar surface area (TPSA) is 70.5 Å². The predicted molar refractivity (Wildman–Crippen MR) is 87.6 cm³/mol. The van der Waals surface area contributed by atoms with Crippen LogP contribution in [0.3, 0.4) is 0 Å². The van der Waals surface area contributed by atoms with Crippen LogP contribution in [0, 0.1) is 6.92 Å². The summed E-state index contributed by atoms with van der Waals surface area (Å²) < 4.78 is 0. The molecule has 0 saturated carbocycles. The van der Waals surface area contributed by atoms with Crippen LogP contribution in [0.1, 0.15) is 45.5 Å². The van der Waals surface area contributed by atoms with Crippen molar-refractivity contribution in [1.82, 2.24) is 9.88 Å². The van der Waals surface area contributed by atoms with Crippen molar-refractivity contribution in [2.75, 3.05) is 6.54 Å². The van der Waals surface area contributed by atoms with Crippen molar-refractivity contribution in [3.8, 4) is 0 Å². The summed E-state index contributed by atoms with van der Waals surface area (Å²) in [7, 11) is 0. The molecule has 2 aromatic rings. The number of aromatic carboxylic acids is 1. The van der Waals surface area contributed by atoms with Crippen molar-refractivity contribution in [2.24, 2.45) is 0 Å². The zero-order valence-corrected chi connectivity index (χ0v) is 13.7. The number of carboxylic acids is 1. The third-order valence-electron chi connectivity index (χ3n) is 4.20. The van der Waals surface area contributed by atoms with Crippen LogP contribution in [0.4, 0.5) is 0 Å². The lowest BCUT2D eigenvalue weighted by Crippen LogP contribution is -2.32. The lowest BCUT2D eigenvalue weighted by atomic mass is 10.1. The van der Waals surface area contributed by atoms with Crippen LogP contribution in [-0.2, 0) is 11.2 Å². The molecule has 1 aliphatic heterocycles. The number of benzene rings is 1. The molecule has 120 valence electrons. The fraction of sp³-hybridized carbons (Fsp3) is 0.353. The minimum absolute atomic E-state index is 0.0585. The van der Waals surface area contributed by atoms with E-state index in [9.17, 15) is 9.59 Å². The van der Waals surface area contributed by atoms with E-state index < -0.39 is 5.97 Å². The predicted octanol–water partition coefficient (Wildman–Crippen LogP) is 3.06. The van der Waals surface area contributed by atoms with Crippen LogP contribution in [0.5, 0.6) is 0 Å². The van der Waals surface area contributed by atoms with Gasteiger partial charge in [-0.25, -0.2) is 9.78 Å². The number of amides is 1. The van der Waals surface area contributed by atoms with Crippen LogP contribution in [0.2, 0.25) is 0 Å². The van der Waals surface area contributed by atoms with Crippen molar-refractivity contribution in [3.05, 3.63) is 51.5 Å². The molecule has 1 N–H and O–H groups in total. The van der Waals surface area contributed by atoms with Crippen LogP contribution in [0.25, 0.3) is 0 Å². The highest BCUT2D eigenvalue weighted by Crippen LogP contribution is 2.34. The molecule has 1 fully saturated rings. The van der Waals surface area contributed by atoms with Gasteiger partial charge < -0.3 is 10.0 Å². The van der Waals surface area contributed by atoms with Gasteiger partial charge in [0.2, 0.25) is 5.91 Å². The van der Waals surface area contributed by atoms with Gasteiger partial charge >= 0.3 is 5.97 Å². The first-order valence-corrected chi connectivity index (χ1v) is 8.47. The number of likely N-dealkylation sites (tertiary alicyclic amines) is 1. The molecule has 1 aromatic carbocycles.